The molecule has 0 atom stereocenters. The van der Waals surface area contributed by atoms with Gasteiger partial charge in [-0.1, -0.05) is 12.1 Å². The molecule has 2 heterocycles. The van der Waals surface area contributed by atoms with Crippen molar-refractivity contribution in [2.24, 2.45) is 0 Å². The van der Waals surface area contributed by atoms with Crippen molar-refractivity contribution in [2.45, 2.75) is 12.8 Å². The van der Waals surface area contributed by atoms with Crippen LogP contribution < -0.4 is 4.90 Å². The van der Waals surface area contributed by atoms with Gasteiger partial charge >= 0.3 is 0 Å². The van der Waals surface area contributed by atoms with Crippen molar-refractivity contribution < 1.29 is 9.18 Å². The van der Waals surface area contributed by atoms with Crippen molar-refractivity contribution in [2.75, 3.05) is 31.1 Å². The zero-order chi connectivity index (χ0) is 17.9. The normalized spacial score (nSPS) is 14.8. The molecule has 1 aromatic heterocycles. The number of rotatable bonds is 4. The highest BCUT2D eigenvalue weighted by atomic mass is 19.1. The molecule has 1 saturated heterocycles. The topological polar surface area (TPSA) is 52.2 Å². The summed E-state index contributed by atoms with van der Waals surface area (Å²) in [4.78, 5) is 24.4. The minimum Gasteiger partial charge on any atom is -0.368 e. The van der Waals surface area contributed by atoms with Gasteiger partial charge < -0.3 is 14.8 Å². The van der Waals surface area contributed by atoms with Gasteiger partial charge in [0.1, 0.15) is 11.6 Å². The van der Waals surface area contributed by atoms with E-state index in [-0.39, 0.29) is 11.7 Å². The SMILES string of the molecule is O=C(CCc1nc2ccccc2[nH]1)N1CCN(c2ccc(F)cc2)CC1. The van der Waals surface area contributed by atoms with Crippen LogP contribution in [0, 0.1) is 5.82 Å². The number of carbonyl (C=O) groups is 1. The monoisotopic (exact) mass is 352 g/mol. The van der Waals surface area contributed by atoms with Crippen molar-refractivity contribution in [3.63, 3.8) is 0 Å². The third-order valence-corrected chi connectivity index (χ3v) is 4.84. The first-order chi connectivity index (χ1) is 12.7. The van der Waals surface area contributed by atoms with Gasteiger partial charge in [-0.25, -0.2) is 9.37 Å². The molecular formula is C20H21FN4O. The van der Waals surface area contributed by atoms with Crippen LogP contribution in [0.3, 0.4) is 0 Å². The molecule has 1 amide bonds. The van der Waals surface area contributed by atoms with Crippen molar-refractivity contribution in [1.82, 2.24) is 14.9 Å². The summed E-state index contributed by atoms with van der Waals surface area (Å²) in [7, 11) is 0. The molecule has 3 aromatic rings. The number of halogens is 1. The lowest BCUT2D eigenvalue weighted by molar-refractivity contribution is -0.131. The summed E-state index contributed by atoms with van der Waals surface area (Å²) in [6, 6.07) is 14.4. The predicted octanol–water partition coefficient (Wildman–Crippen LogP) is 2.98. The second kappa shape index (κ2) is 7.15. The molecule has 4 rings (SSSR count). The van der Waals surface area contributed by atoms with Gasteiger partial charge in [-0.15, -0.1) is 0 Å². The van der Waals surface area contributed by atoms with Crippen LogP contribution in [0.1, 0.15) is 12.2 Å². The van der Waals surface area contributed by atoms with Gasteiger partial charge in [-0.2, -0.15) is 0 Å². The quantitative estimate of drug-likeness (QED) is 0.785. The number of imidazole rings is 1. The van der Waals surface area contributed by atoms with Crippen LogP contribution in [0.15, 0.2) is 48.5 Å². The molecule has 26 heavy (non-hydrogen) atoms. The molecule has 0 aliphatic carbocycles. The molecule has 0 spiro atoms. The fourth-order valence-corrected chi connectivity index (χ4v) is 3.37. The van der Waals surface area contributed by atoms with E-state index in [2.05, 4.69) is 14.9 Å². The molecule has 0 radical (unpaired) electrons. The van der Waals surface area contributed by atoms with Crippen LogP contribution in [-0.4, -0.2) is 47.0 Å². The maximum atomic E-state index is 13.0. The molecule has 1 fully saturated rings. The number of H-pyrrole nitrogens is 1. The second-order valence-electron chi connectivity index (χ2n) is 6.54. The van der Waals surface area contributed by atoms with E-state index in [1.807, 2.05) is 29.2 Å². The number of hydrogen-bond donors (Lipinski definition) is 1. The highest BCUT2D eigenvalue weighted by Gasteiger charge is 2.21. The largest absolute Gasteiger partial charge is 0.368 e. The van der Waals surface area contributed by atoms with Gasteiger partial charge in [0.15, 0.2) is 0 Å². The van der Waals surface area contributed by atoms with Gasteiger partial charge in [0.05, 0.1) is 11.0 Å². The average molecular weight is 352 g/mol. The van der Waals surface area contributed by atoms with E-state index in [4.69, 9.17) is 0 Å². The molecule has 2 aromatic carbocycles. The smallest absolute Gasteiger partial charge is 0.223 e. The molecular weight excluding hydrogens is 331 g/mol. The van der Waals surface area contributed by atoms with Gasteiger partial charge in [-0.3, -0.25) is 4.79 Å². The highest BCUT2D eigenvalue weighted by Crippen LogP contribution is 2.18. The predicted molar refractivity (Wildman–Crippen MR) is 99.6 cm³/mol. The Kier molecular flexibility index (Phi) is 4.56. The number of nitrogens with zero attached hydrogens (tertiary/aromatic N) is 3. The summed E-state index contributed by atoms with van der Waals surface area (Å²) in [5.41, 5.74) is 2.94. The Morgan fingerprint density at radius 1 is 1.04 bits per heavy atom. The lowest BCUT2D eigenvalue weighted by Crippen LogP contribution is -2.48. The number of hydrogen-bond acceptors (Lipinski definition) is 3. The van der Waals surface area contributed by atoms with E-state index in [1.165, 1.54) is 12.1 Å². The van der Waals surface area contributed by atoms with Gasteiger partial charge in [0.2, 0.25) is 5.91 Å². The number of para-hydroxylation sites is 2. The summed E-state index contributed by atoms with van der Waals surface area (Å²) in [6.45, 7) is 2.91. The van der Waals surface area contributed by atoms with E-state index in [9.17, 15) is 9.18 Å². The average Bonchev–Trinajstić information content (AvgIpc) is 3.10. The minimum atomic E-state index is -0.229. The molecule has 5 nitrogen and oxygen atoms in total. The molecule has 0 bridgehead atoms. The number of nitrogens with one attached hydrogen (secondary N) is 1. The number of fused-ring (bicyclic) bond motifs is 1. The summed E-state index contributed by atoms with van der Waals surface area (Å²) >= 11 is 0. The van der Waals surface area contributed by atoms with Crippen LogP contribution in [0.2, 0.25) is 0 Å². The Labute approximate surface area is 151 Å². The Morgan fingerprint density at radius 2 is 1.77 bits per heavy atom. The summed E-state index contributed by atoms with van der Waals surface area (Å²) in [6.07, 6.45) is 1.07. The molecule has 6 heteroatoms. The lowest BCUT2D eigenvalue weighted by Gasteiger charge is -2.36. The van der Waals surface area contributed by atoms with Gasteiger partial charge in [-0.05, 0) is 36.4 Å². The summed E-state index contributed by atoms with van der Waals surface area (Å²) < 4.78 is 13.0. The Balaban J connectivity index is 1.30. The van der Waals surface area contributed by atoms with Crippen LogP contribution >= 0.6 is 0 Å². The van der Waals surface area contributed by atoms with Crippen LogP contribution in [0.25, 0.3) is 11.0 Å². The zero-order valence-corrected chi connectivity index (χ0v) is 14.5. The van der Waals surface area contributed by atoms with E-state index < -0.39 is 0 Å². The minimum absolute atomic E-state index is 0.157. The molecule has 1 N–H and O–H groups in total. The summed E-state index contributed by atoms with van der Waals surface area (Å²) in [5.74, 6) is 0.780. The Morgan fingerprint density at radius 3 is 2.50 bits per heavy atom. The molecule has 0 unspecified atom stereocenters. The fraction of sp³-hybridized carbons (Fsp3) is 0.300. The molecule has 1 aliphatic rings. The van der Waals surface area contributed by atoms with Gasteiger partial charge in [0.25, 0.3) is 0 Å². The Bertz CT molecular complexity index is 865. The van der Waals surface area contributed by atoms with E-state index in [0.29, 0.717) is 25.9 Å². The zero-order valence-electron chi connectivity index (χ0n) is 14.5. The first-order valence-electron chi connectivity index (χ1n) is 8.91. The number of amides is 1. The van der Waals surface area contributed by atoms with E-state index in [1.54, 1.807) is 12.1 Å². The molecule has 0 saturated carbocycles. The van der Waals surface area contributed by atoms with Crippen LogP contribution in [0.5, 0.6) is 0 Å². The number of aromatic nitrogens is 2. The van der Waals surface area contributed by atoms with Crippen molar-refractivity contribution in [3.8, 4) is 0 Å². The number of aryl methyl sites for hydroxylation is 1. The van der Waals surface area contributed by atoms with Crippen molar-refractivity contribution in [1.29, 1.82) is 0 Å². The number of aromatic amines is 1. The maximum absolute atomic E-state index is 13.0. The molecule has 1 aliphatic heterocycles. The molecule has 134 valence electrons. The van der Waals surface area contributed by atoms with Crippen LogP contribution in [0.4, 0.5) is 10.1 Å². The second-order valence-corrected chi connectivity index (χ2v) is 6.54. The standard InChI is InChI=1S/C20H21FN4O/c21-15-5-7-16(8-6-15)24-11-13-25(14-12-24)20(26)10-9-19-22-17-3-1-2-4-18(17)23-19/h1-8H,9-14H2,(H,22,23). The lowest BCUT2D eigenvalue weighted by atomic mass is 10.2. The highest BCUT2D eigenvalue weighted by molar-refractivity contribution is 5.77. The third kappa shape index (κ3) is 3.54. The van der Waals surface area contributed by atoms with E-state index >= 15 is 0 Å². The Hall–Kier alpha value is -2.89. The fourth-order valence-electron chi connectivity index (χ4n) is 3.37. The third-order valence-electron chi connectivity index (χ3n) is 4.84. The first-order valence-corrected chi connectivity index (χ1v) is 8.91. The summed E-state index contributed by atoms with van der Waals surface area (Å²) in [5, 5.41) is 0. The van der Waals surface area contributed by atoms with Gasteiger partial charge in [0, 0.05) is 44.7 Å². The number of anilines is 1. The van der Waals surface area contributed by atoms with E-state index in [0.717, 1.165) is 35.6 Å². The van der Waals surface area contributed by atoms with Crippen LogP contribution in [-0.2, 0) is 11.2 Å². The number of carbonyl (C=O) groups excluding carboxylic acids is 1. The number of piperazine rings is 1. The first kappa shape index (κ1) is 16.6. The van der Waals surface area contributed by atoms with Crippen molar-refractivity contribution >= 4 is 22.6 Å². The maximum Gasteiger partial charge on any atom is 0.223 e. The number of benzene rings is 2. The van der Waals surface area contributed by atoms with Crippen molar-refractivity contribution in [3.05, 3.63) is 60.2 Å².